The Labute approximate surface area is 73.6 Å². The van der Waals surface area contributed by atoms with E-state index in [0.29, 0.717) is 19.6 Å². The molecule has 3 nitrogen and oxygen atoms in total. The summed E-state index contributed by atoms with van der Waals surface area (Å²) >= 11 is 0. The second-order valence-electron chi connectivity index (χ2n) is 2.56. The van der Waals surface area contributed by atoms with Crippen LogP contribution >= 0.6 is 0 Å². The number of ether oxygens (including phenoxy) is 1. The Kier molecular flexibility index (Phi) is 7.96. The first-order chi connectivity index (χ1) is 5.81. The number of allylic oxidation sites excluding steroid dienone is 1. The van der Waals surface area contributed by atoms with Crippen LogP contribution in [0.5, 0.6) is 0 Å². The molecule has 2 N–H and O–H groups in total. The van der Waals surface area contributed by atoms with E-state index in [1.54, 1.807) is 0 Å². The van der Waals surface area contributed by atoms with Crippen molar-refractivity contribution in [3.63, 3.8) is 0 Å². The molecule has 0 aliphatic heterocycles. The summed E-state index contributed by atoms with van der Waals surface area (Å²) in [6.07, 6.45) is 4.15. The van der Waals surface area contributed by atoms with Crippen LogP contribution in [-0.4, -0.2) is 25.5 Å². The highest BCUT2D eigenvalue weighted by Crippen LogP contribution is 1.96. The molecular weight excluding hydrogens is 154 g/mol. The lowest BCUT2D eigenvalue weighted by Crippen LogP contribution is -2.14. The molecule has 0 amide bonds. The number of Topliss-reactive ketones (excluding diaryl/α,β-unsaturated/α-hetero) is 1. The molecule has 0 atom stereocenters. The summed E-state index contributed by atoms with van der Waals surface area (Å²) in [5.41, 5.74) is 5.19. The van der Waals surface area contributed by atoms with Gasteiger partial charge in [0.05, 0.1) is 6.61 Å². The molecule has 0 aliphatic carbocycles. The maximum atomic E-state index is 11.0. The lowest BCUT2D eigenvalue weighted by molar-refractivity contribution is -0.123. The summed E-state index contributed by atoms with van der Waals surface area (Å²) < 4.78 is 4.97. The maximum absolute atomic E-state index is 11.0. The van der Waals surface area contributed by atoms with Gasteiger partial charge in [-0.05, 0) is 12.8 Å². The smallest absolute Gasteiger partial charge is 0.158 e. The largest absolute Gasteiger partial charge is 0.372 e. The van der Waals surface area contributed by atoms with E-state index in [1.807, 2.05) is 6.08 Å². The molecule has 0 saturated heterocycles. The van der Waals surface area contributed by atoms with Gasteiger partial charge in [0.1, 0.15) is 6.61 Å². The van der Waals surface area contributed by atoms with Gasteiger partial charge < -0.3 is 10.5 Å². The first-order valence-electron chi connectivity index (χ1n) is 4.21. The SMILES string of the molecule is C=CCCCC(=O)COCCN. The van der Waals surface area contributed by atoms with Crippen molar-refractivity contribution in [2.24, 2.45) is 5.73 Å². The number of carbonyl (C=O) groups excluding carboxylic acids is 1. The first-order valence-corrected chi connectivity index (χ1v) is 4.21. The Morgan fingerprint density at radius 3 is 2.92 bits per heavy atom. The van der Waals surface area contributed by atoms with Gasteiger partial charge in [0.2, 0.25) is 0 Å². The van der Waals surface area contributed by atoms with Gasteiger partial charge in [0.15, 0.2) is 5.78 Å². The van der Waals surface area contributed by atoms with Gasteiger partial charge in [0, 0.05) is 13.0 Å². The fourth-order valence-corrected chi connectivity index (χ4v) is 0.785. The van der Waals surface area contributed by atoms with Gasteiger partial charge in [-0.3, -0.25) is 4.79 Å². The minimum Gasteiger partial charge on any atom is -0.372 e. The average Bonchev–Trinajstić information content (AvgIpc) is 2.06. The highest BCUT2D eigenvalue weighted by atomic mass is 16.5. The highest BCUT2D eigenvalue weighted by molar-refractivity contribution is 5.79. The Bertz CT molecular complexity index is 134. The third-order valence-corrected chi connectivity index (χ3v) is 1.39. The summed E-state index contributed by atoms with van der Waals surface area (Å²) in [5, 5.41) is 0. The van der Waals surface area contributed by atoms with Crippen LogP contribution in [-0.2, 0) is 9.53 Å². The Morgan fingerprint density at radius 1 is 1.58 bits per heavy atom. The normalized spacial score (nSPS) is 9.75. The molecule has 0 heterocycles. The summed E-state index contributed by atoms with van der Waals surface area (Å²) in [7, 11) is 0. The lowest BCUT2D eigenvalue weighted by atomic mass is 10.2. The number of carbonyl (C=O) groups is 1. The van der Waals surface area contributed by atoms with Crippen LogP contribution in [0.3, 0.4) is 0 Å². The fraction of sp³-hybridized carbons (Fsp3) is 0.667. The van der Waals surface area contributed by atoms with Crippen molar-refractivity contribution in [3.05, 3.63) is 12.7 Å². The summed E-state index contributed by atoms with van der Waals surface area (Å²) in [6, 6.07) is 0. The van der Waals surface area contributed by atoms with Crippen LogP contribution in [0.1, 0.15) is 19.3 Å². The highest BCUT2D eigenvalue weighted by Gasteiger charge is 1.99. The molecule has 0 spiro atoms. The van der Waals surface area contributed by atoms with Crippen LogP contribution < -0.4 is 5.73 Å². The first kappa shape index (κ1) is 11.3. The molecule has 0 aromatic rings. The van der Waals surface area contributed by atoms with Gasteiger partial charge in [-0.2, -0.15) is 0 Å². The summed E-state index contributed by atoms with van der Waals surface area (Å²) in [4.78, 5) is 11.0. The molecule has 3 heteroatoms. The second kappa shape index (κ2) is 8.43. The van der Waals surface area contributed by atoms with Crippen LogP contribution in [0.15, 0.2) is 12.7 Å². The van der Waals surface area contributed by atoms with E-state index in [-0.39, 0.29) is 12.4 Å². The quantitative estimate of drug-likeness (QED) is 0.436. The zero-order valence-corrected chi connectivity index (χ0v) is 7.42. The molecule has 0 radical (unpaired) electrons. The molecular formula is C9H17NO2. The number of nitrogens with two attached hydrogens (primary N) is 1. The average molecular weight is 171 g/mol. The predicted molar refractivity (Wildman–Crippen MR) is 48.9 cm³/mol. The Hall–Kier alpha value is -0.670. The van der Waals surface area contributed by atoms with Gasteiger partial charge >= 0.3 is 0 Å². The number of unbranched alkanes of at least 4 members (excludes halogenated alkanes) is 1. The predicted octanol–water partition coefficient (Wildman–Crippen LogP) is 0.887. The molecule has 0 aromatic heterocycles. The van der Waals surface area contributed by atoms with Crippen LogP contribution in [0, 0.1) is 0 Å². The van der Waals surface area contributed by atoms with E-state index < -0.39 is 0 Å². The van der Waals surface area contributed by atoms with E-state index in [1.165, 1.54) is 0 Å². The zero-order chi connectivity index (χ0) is 9.23. The van der Waals surface area contributed by atoms with Gasteiger partial charge in [-0.1, -0.05) is 6.08 Å². The lowest BCUT2D eigenvalue weighted by Gasteiger charge is -2.00. The molecule has 0 fully saturated rings. The Morgan fingerprint density at radius 2 is 2.33 bits per heavy atom. The van der Waals surface area contributed by atoms with E-state index >= 15 is 0 Å². The summed E-state index contributed by atoms with van der Waals surface area (Å²) in [6.45, 7) is 4.71. The van der Waals surface area contributed by atoms with Crippen molar-refractivity contribution >= 4 is 5.78 Å². The number of rotatable bonds is 8. The van der Waals surface area contributed by atoms with Gasteiger partial charge in [-0.15, -0.1) is 6.58 Å². The van der Waals surface area contributed by atoms with Crippen molar-refractivity contribution in [1.29, 1.82) is 0 Å². The van der Waals surface area contributed by atoms with Gasteiger partial charge in [-0.25, -0.2) is 0 Å². The molecule has 0 unspecified atom stereocenters. The number of ketones is 1. The molecule has 0 bridgehead atoms. The van der Waals surface area contributed by atoms with Crippen LogP contribution in [0.25, 0.3) is 0 Å². The number of hydrogen-bond acceptors (Lipinski definition) is 3. The summed E-state index contributed by atoms with van der Waals surface area (Å²) in [5.74, 6) is 0.144. The monoisotopic (exact) mass is 171 g/mol. The van der Waals surface area contributed by atoms with Crippen molar-refractivity contribution in [2.75, 3.05) is 19.8 Å². The van der Waals surface area contributed by atoms with E-state index in [0.717, 1.165) is 12.8 Å². The molecule has 12 heavy (non-hydrogen) atoms. The van der Waals surface area contributed by atoms with Crippen LogP contribution in [0.2, 0.25) is 0 Å². The minimum absolute atomic E-state index is 0.144. The number of hydrogen-bond donors (Lipinski definition) is 1. The molecule has 0 rings (SSSR count). The Balaban J connectivity index is 3.15. The third kappa shape index (κ3) is 7.44. The third-order valence-electron chi connectivity index (χ3n) is 1.39. The standard InChI is InChI=1S/C9H17NO2/c1-2-3-4-5-9(11)8-12-7-6-10/h2H,1,3-8,10H2. The second-order valence-corrected chi connectivity index (χ2v) is 2.56. The minimum atomic E-state index is 0.144. The van der Waals surface area contributed by atoms with Crippen molar-refractivity contribution in [3.8, 4) is 0 Å². The van der Waals surface area contributed by atoms with Crippen molar-refractivity contribution in [2.45, 2.75) is 19.3 Å². The maximum Gasteiger partial charge on any atom is 0.158 e. The molecule has 70 valence electrons. The topological polar surface area (TPSA) is 52.3 Å². The van der Waals surface area contributed by atoms with E-state index in [2.05, 4.69) is 6.58 Å². The fourth-order valence-electron chi connectivity index (χ4n) is 0.785. The van der Waals surface area contributed by atoms with Crippen molar-refractivity contribution in [1.82, 2.24) is 0 Å². The van der Waals surface area contributed by atoms with E-state index in [4.69, 9.17) is 10.5 Å². The molecule has 0 aromatic carbocycles. The zero-order valence-electron chi connectivity index (χ0n) is 7.42. The van der Waals surface area contributed by atoms with Crippen molar-refractivity contribution < 1.29 is 9.53 Å². The van der Waals surface area contributed by atoms with E-state index in [9.17, 15) is 4.79 Å². The molecule has 0 aliphatic rings. The van der Waals surface area contributed by atoms with Crippen LogP contribution in [0.4, 0.5) is 0 Å². The van der Waals surface area contributed by atoms with Gasteiger partial charge in [0.25, 0.3) is 0 Å². The molecule has 0 saturated carbocycles.